The maximum Gasteiger partial charge on any atom is 0.0389 e. The third-order valence-electron chi connectivity index (χ3n) is 5.01. The highest BCUT2D eigenvalue weighted by Gasteiger charge is 2.33. The van der Waals surface area contributed by atoms with E-state index in [9.17, 15) is 0 Å². The van der Waals surface area contributed by atoms with E-state index < -0.39 is 0 Å². The summed E-state index contributed by atoms with van der Waals surface area (Å²) in [7, 11) is 2.26. The van der Waals surface area contributed by atoms with Crippen LogP contribution in [0.3, 0.4) is 0 Å². The summed E-state index contributed by atoms with van der Waals surface area (Å²) < 4.78 is 1.44. The van der Waals surface area contributed by atoms with Crippen molar-refractivity contribution in [2.24, 2.45) is 5.92 Å². The second-order valence-corrected chi connectivity index (χ2v) is 7.59. The van der Waals surface area contributed by atoms with Gasteiger partial charge in [0.05, 0.1) is 0 Å². The molecule has 0 N–H and O–H groups in total. The van der Waals surface area contributed by atoms with E-state index in [1.165, 1.54) is 37.9 Å². The molecule has 0 spiro atoms. The molecule has 2 heterocycles. The zero-order valence-corrected chi connectivity index (χ0v) is 13.8. The fourth-order valence-corrected chi connectivity index (χ4v) is 4.94. The minimum absolute atomic E-state index is 0.483. The summed E-state index contributed by atoms with van der Waals surface area (Å²) in [6, 6.07) is 5.25. The van der Waals surface area contributed by atoms with Gasteiger partial charge in [-0.15, -0.1) is 11.3 Å². The summed E-state index contributed by atoms with van der Waals surface area (Å²) in [6.07, 6.45) is 3.64. The highest BCUT2D eigenvalue weighted by atomic mass is 32.1. The fraction of sp³-hybridized carbons (Fsp3) is 0.368. The van der Waals surface area contributed by atoms with Crippen molar-refractivity contribution in [2.45, 2.75) is 26.3 Å². The summed E-state index contributed by atoms with van der Waals surface area (Å²) in [5, 5.41) is 3.87. The Kier molecular flexibility index (Phi) is 2.88. The minimum atomic E-state index is 0.483. The van der Waals surface area contributed by atoms with Crippen molar-refractivity contribution in [3.8, 4) is 0 Å². The molecule has 2 unspecified atom stereocenters. The number of hydrogen-bond donors (Lipinski definition) is 0. The molecule has 4 rings (SSSR count). The molecule has 2 atom stereocenters. The molecule has 1 aromatic heterocycles. The fourth-order valence-electron chi connectivity index (χ4n) is 3.85. The molecule has 21 heavy (non-hydrogen) atoms. The van der Waals surface area contributed by atoms with E-state index >= 15 is 0 Å². The van der Waals surface area contributed by atoms with E-state index in [1.54, 1.807) is 0 Å². The molecule has 2 heteroatoms. The second-order valence-electron chi connectivity index (χ2n) is 6.68. The zero-order valence-electron chi connectivity index (χ0n) is 12.9. The van der Waals surface area contributed by atoms with Crippen LogP contribution < -0.4 is 0 Å². The van der Waals surface area contributed by atoms with Crippen LogP contribution in [0.4, 0.5) is 0 Å². The lowest BCUT2D eigenvalue weighted by atomic mass is 9.78. The van der Waals surface area contributed by atoms with Crippen LogP contribution in [0, 0.1) is 12.8 Å². The lowest BCUT2D eigenvalue weighted by Gasteiger charge is -2.40. The van der Waals surface area contributed by atoms with Gasteiger partial charge in [-0.05, 0) is 61.0 Å². The Morgan fingerprint density at radius 2 is 2.19 bits per heavy atom. The molecule has 2 aliphatic rings. The summed E-state index contributed by atoms with van der Waals surface area (Å²) in [4.78, 5) is 2.52. The van der Waals surface area contributed by atoms with Gasteiger partial charge in [0.15, 0.2) is 0 Å². The number of likely N-dealkylation sites (N-methyl/N-ethyl adjacent to an activating group) is 1. The number of rotatable bonds is 1. The summed E-state index contributed by atoms with van der Waals surface area (Å²) in [5.74, 6) is 0.483. The Morgan fingerprint density at radius 3 is 2.95 bits per heavy atom. The first kappa shape index (κ1) is 13.3. The largest absolute Gasteiger partial charge is 0.298 e. The van der Waals surface area contributed by atoms with Gasteiger partial charge in [-0.25, -0.2) is 0 Å². The maximum absolute atomic E-state index is 4.18. The van der Waals surface area contributed by atoms with Gasteiger partial charge >= 0.3 is 0 Å². The number of benzene rings is 1. The second kappa shape index (κ2) is 4.56. The minimum Gasteiger partial charge on any atom is -0.298 e. The van der Waals surface area contributed by atoms with Crippen LogP contribution in [-0.2, 0) is 6.42 Å². The van der Waals surface area contributed by atoms with E-state index in [0.717, 1.165) is 13.0 Å². The number of fused-ring (bicyclic) bond motifs is 2. The van der Waals surface area contributed by atoms with Gasteiger partial charge in [-0.1, -0.05) is 24.3 Å². The highest BCUT2D eigenvalue weighted by Crippen LogP contribution is 2.44. The van der Waals surface area contributed by atoms with Crippen molar-refractivity contribution in [2.75, 3.05) is 13.6 Å². The summed E-state index contributed by atoms with van der Waals surface area (Å²) in [5.41, 5.74) is 7.17. The van der Waals surface area contributed by atoms with Crippen LogP contribution in [0.5, 0.6) is 0 Å². The predicted octanol–water partition coefficient (Wildman–Crippen LogP) is 4.66. The monoisotopic (exact) mass is 295 g/mol. The molecule has 1 aliphatic heterocycles. The average molecular weight is 295 g/mol. The molecule has 2 aromatic rings. The van der Waals surface area contributed by atoms with Gasteiger partial charge in [-0.2, -0.15) is 0 Å². The first-order valence-corrected chi connectivity index (χ1v) is 8.51. The number of hydrogen-bond acceptors (Lipinski definition) is 2. The molecular formula is C19H21NS. The number of thiophene rings is 1. The normalized spacial score (nSPS) is 24.8. The van der Waals surface area contributed by atoms with Crippen molar-refractivity contribution in [3.05, 3.63) is 52.4 Å². The third-order valence-corrected chi connectivity index (χ3v) is 5.99. The van der Waals surface area contributed by atoms with Crippen molar-refractivity contribution in [1.82, 2.24) is 4.90 Å². The van der Waals surface area contributed by atoms with Crippen LogP contribution in [0.15, 0.2) is 35.7 Å². The van der Waals surface area contributed by atoms with Crippen LogP contribution in [0.25, 0.3) is 15.7 Å². The smallest absolute Gasteiger partial charge is 0.0389 e. The van der Waals surface area contributed by atoms with Crippen molar-refractivity contribution in [1.29, 1.82) is 0 Å². The van der Waals surface area contributed by atoms with E-state index in [2.05, 4.69) is 56.0 Å². The molecule has 0 fully saturated rings. The summed E-state index contributed by atoms with van der Waals surface area (Å²) >= 11 is 1.90. The standard InChI is InChI=1S/C19H21NS/c1-11(2)13-7-15-16-5-12(3)6-18-19(16)14(10-21-18)8-17(15)20(4)9-13/h5-7,10,13,17H,1,8-9H2,2-4H3. The third kappa shape index (κ3) is 1.93. The Balaban J connectivity index is 1.98. The lowest BCUT2D eigenvalue weighted by molar-refractivity contribution is 0.257. The molecule has 0 saturated carbocycles. The Bertz CT molecular complexity index is 780. The first-order valence-electron chi connectivity index (χ1n) is 7.63. The maximum atomic E-state index is 4.18. The number of aryl methyl sites for hydroxylation is 1. The predicted molar refractivity (Wildman–Crippen MR) is 93.0 cm³/mol. The van der Waals surface area contributed by atoms with Gasteiger partial charge in [0.2, 0.25) is 0 Å². The van der Waals surface area contributed by atoms with Crippen molar-refractivity contribution >= 4 is 27.0 Å². The van der Waals surface area contributed by atoms with E-state index in [4.69, 9.17) is 0 Å². The van der Waals surface area contributed by atoms with E-state index in [-0.39, 0.29) is 0 Å². The average Bonchev–Trinajstić information content (AvgIpc) is 2.83. The van der Waals surface area contributed by atoms with Crippen LogP contribution in [-0.4, -0.2) is 24.5 Å². The van der Waals surface area contributed by atoms with Crippen LogP contribution in [0.2, 0.25) is 0 Å². The molecule has 1 aliphatic carbocycles. The zero-order chi connectivity index (χ0) is 14.7. The molecule has 0 saturated heterocycles. The molecule has 1 aromatic carbocycles. The van der Waals surface area contributed by atoms with Gasteiger partial charge in [0, 0.05) is 28.6 Å². The summed E-state index contributed by atoms with van der Waals surface area (Å²) in [6.45, 7) is 9.64. The molecular weight excluding hydrogens is 274 g/mol. The Labute approximate surface area is 130 Å². The number of nitrogens with zero attached hydrogens (tertiary/aromatic N) is 1. The van der Waals surface area contributed by atoms with E-state index in [0.29, 0.717) is 12.0 Å². The topological polar surface area (TPSA) is 3.24 Å². The van der Waals surface area contributed by atoms with Crippen LogP contribution >= 0.6 is 11.3 Å². The molecule has 108 valence electrons. The Morgan fingerprint density at radius 1 is 1.38 bits per heavy atom. The van der Waals surface area contributed by atoms with E-state index in [1.807, 2.05) is 11.3 Å². The van der Waals surface area contributed by atoms with Crippen molar-refractivity contribution < 1.29 is 0 Å². The lowest BCUT2D eigenvalue weighted by Crippen LogP contribution is -2.42. The Hall–Kier alpha value is -1.38. The molecule has 0 bridgehead atoms. The van der Waals surface area contributed by atoms with Gasteiger partial charge in [0.25, 0.3) is 0 Å². The first-order chi connectivity index (χ1) is 10.0. The quantitative estimate of drug-likeness (QED) is 0.692. The highest BCUT2D eigenvalue weighted by molar-refractivity contribution is 7.17. The van der Waals surface area contributed by atoms with Crippen LogP contribution in [0.1, 0.15) is 23.6 Å². The molecule has 0 radical (unpaired) electrons. The molecule has 0 amide bonds. The van der Waals surface area contributed by atoms with Gasteiger partial charge in [0.1, 0.15) is 0 Å². The SMILES string of the molecule is C=C(C)C1C=C2c3cc(C)cc4scc(c34)CC2N(C)C1. The van der Waals surface area contributed by atoms with Gasteiger partial charge < -0.3 is 0 Å². The van der Waals surface area contributed by atoms with Gasteiger partial charge in [-0.3, -0.25) is 4.90 Å². The van der Waals surface area contributed by atoms with Crippen molar-refractivity contribution in [3.63, 3.8) is 0 Å². The molecule has 1 nitrogen and oxygen atoms in total.